The third kappa shape index (κ3) is 2.34. The first-order valence-electron chi connectivity index (χ1n) is 5.59. The Morgan fingerprint density at radius 1 is 1.00 bits per heavy atom. The summed E-state index contributed by atoms with van der Waals surface area (Å²) in [6, 6.07) is 0.310. The van der Waals surface area contributed by atoms with Crippen LogP contribution < -0.4 is 0 Å². The molecule has 1 aromatic carbocycles. The fourth-order valence-electron chi connectivity index (χ4n) is 1.63. The number of nitrogens with zero attached hydrogens (tertiary/aromatic N) is 2. The highest BCUT2D eigenvalue weighted by atomic mass is 19.2. The molecule has 1 heterocycles. The normalized spacial score (nSPS) is 11.9. The van der Waals surface area contributed by atoms with E-state index in [0.29, 0.717) is 11.8 Å². The predicted molar refractivity (Wildman–Crippen MR) is 62.1 cm³/mol. The highest BCUT2D eigenvalue weighted by Gasteiger charge is 2.23. The molecule has 0 aliphatic rings. The summed E-state index contributed by atoms with van der Waals surface area (Å²) in [6.07, 6.45) is 2.55. The van der Waals surface area contributed by atoms with Crippen LogP contribution in [0.4, 0.5) is 17.6 Å². The molecule has 0 atom stereocenters. The Morgan fingerprint density at radius 2 is 1.63 bits per heavy atom. The SMILES string of the molecule is CC(C)(C)c1cn(-c2c(F)cc(F)c(F)c2F)cn1. The van der Waals surface area contributed by atoms with Gasteiger partial charge in [-0.05, 0) is 0 Å². The lowest BCUT2D eigenvalue weighted by Crippen LogP contribution is -2.11. The summed E-state index contributed by atoms with van der Waals surface area (Å²) in [4.78, 5) is 4.01. The van der Waals surface area contributed by atoms with Gasteiger partial charge in [-0.2, -0.15) is 0 Å². The topological polar surface area (TPSA) is 17.8 Å². The molecule has 0 spiro atoms. The van der Waals surface area contributed by atoms with Crippen LogP contribution in [-0.4, -0.2) is 9.55 Å². The largest absolute Gasteiger partial charge is 0.301 e. The van der Waals surface area contributed by atoms with Crippen molar-refractivity contribution in [1.29, 1.82) is 0 Å². The molecular weight excluding hydrogens is 260 g/mol. The van der Waals surface area contributed by atoms with Crippen LogP contribution in [0.3, 0.4) is 0 Å². The summed E-state index contributed by atoms with van der Waals surface area (Å²) < 4.78 is 54.2. The summed E-state index contributed by atoms with van der Waals surface area (Å²) in [5.41, 5.74) is -0.422. The monoisotopic (exact) mass is 272 g/mol. The Morgan fingerprint density at radius 3 is 2.16 bits per heavy atom. The van der Waals surface area contributed by atoms with Crippen molar-refractivity contribution in [2.24, 2.45) is 0 Å². The van der Waals surface area contributed by atoms with E-state index in [-0.39, 0.29) is 5.41 Å². The van der Waals surface area contributed by atoms with Gasteiger partial charge in [0.2, 0.25) is 0 Å². The summed E-state index contributed by atoms with van der Waals surface area (Å²) in [6.45, 7) is 5.62. The standard InChI is InChI=1S/C13H12F4N2/c1-13(2,3)9-5-19(6-18-9)12-8(15)4-7(14)10(16)11(12)17/h4-6H,1-3H3. The molecule has 0 N–H and O–H groups in total. The minimum absolute atomic E-state index is 0.310. The quantitative estimate of drug-likeness (QED) is 0.439. The number of imidazole rings is 1. The molecule has 2 nitrogen and oxygen atoms in total. The highest BCUT2D eigenvalue weighted by molar-refractivity contribution is 5.37. The van der Waals surface area contributed by atoms with Crippen molar-refractivity contribution >= 4 is 0 Å². The van der Waals surface area contributed by atoms with Gasteiger partial charge in [0.05, 0.1) is 12.0 Å². The number of hydrogen-bond acceptors (Lipinski definition) is 1. The Balaban J connectivity index is 2.60. The summed E-state index contributed by atoms with van der Waals surface area (Å²) >= 11 is 0. The lowest BCUT2D eigenvalue weighted by molar-refractivity contribution is 0.430. The number of hydrogen-bond donors (Lipinski definition) is 0. The van der Waals surface area contributed by atoms with E-state index in [0.717, 1.165) is 4.57 Å². The van der Waals surface area contributed by atoms with Crippen molar-refractivity contribution in [1.82, 2.24) is 9.55 Å². The van der Waals surface area contributed by atoms with E-state index in [1.807, 2.05) is 20.8 Å². The van der Waals surface area contributed by atoms with E-state index in [1.54, 1.807) is 0 Å². The molecule has 6 heteroatoms. The molecule has 102 valence electrons. The summed E-state index contributed by atoms with van der Waals surface area (Å²) in [7, 11) is 0. The van der Waals surface area contributed by atoms with E-state index in [2.05, 4.69) is 4.98 Å². The molecule has 19 heavy (non-hydrogen) atoms. The Labute approximate surface area is 107 Å². The van der Waals surface area contributed by atoms with Crippen molar-refractivity contribution in [3.8, 4) is 5.69 Å². The zero-order valence-electron chi connectivity index (χ0n) is 10.6. The van der Waals surface area contributed by atoms with Crippen LogP contribution >= 0.6 is 0 Å². The van der Waals surface area contributed by atoms with Gasteiger partial charge in [-0.25, -0.2) is 22.5 Å². The molecule has 0 aliphatic carbocycles. The lowest BCUT2D eigenvalue weighted by Gasteiger charge is -2.14. The van der Waals surface area contributed by atoms with Gasteiger partial charge in [-0.3, -0.25) is 0 Å². The van der Waals surface area contributed by atoms with E-state index in [1.165, 1.54) is 12.5 Å². The van der Waals surface area contributed by atoms with Crippen LogP contribution in [0, 0.1) is 23.3 Å². The molecule has 0 fully saturated rings. The van der Waals surface area contributed by atoms with E-state index >= 15 is 0 Å². The van der Waals surface area contributed by atoms with E-state index < -0.39 is 29.0 Å². The second kappa shape index (κ2) is 4.36. The number of rotatable bonds is 1. The zero-order valence-corrected chi connectivity index (χ0v) is 10.6. The average Bonchev–Trinajstić information content (AvgIpc) is 2.75. The van der Waals surface area contributed by atoms with Gasteiger partial charge in [0.25, 0.3) is 0 Å². The molecule has 0 radical (unpaired) electrons. The average molecular weight is 272 g/mol. The molecule has 2 rings (SSSR count). The van der Waals surface area contributed by atoms with Gasteiger partial charge in [-0.15, -0.1) is 0 Å². The predicted octanol–water partition coefficient (Wildman–Crippen LogP) is 3.73. The van der Waals surface area contributed by atoms with Gasteiger partial charge in [0, 0.05) is 17.7 Å². The van der Waals surface area contributed by atoms with Crippen molar-refractivity contribution in [3.63, 3.8) is 0 Å². The van der Waals surface area contributed by atoms with Gasteiger partial charge >= 0.3 is 0 Å². The molecule has 1 aromatic heterocycles. The van der Waals surface area contributed by atoms with Gasteiger partial charge in [0.15, 0.2) is 23.3 Å². The third-order valence-corrected chi connectivity index (χ3v) is 2.70. The number of aromatic nitrogens is 2. The molecular formula is C13H12F4N2. The van der Waals surface area contributed by atoms with Crippen LogP contribution in [0.2, 0.25) is 0 Å². The summed E-state index contributed by atoms with van der Waals surface area (Å²) in [5.74, 6) is -6.03. The molecule has 0 amide bonds. The minimum atomic E-state index is -1.71. The fraction of sp³-hybridized carbons (Fsp3) is 0.308. The fourth-order valence-corrected chi connectivity index (χ4v) is 1.63. The smallest absolute Gasteiger partial charge is 0.196 e. The highest BCUT2D eigenvalue weighted by Crippen LogP contribution is 2.25. The Hall–Kier alpha value is -1.85. The van der Waals surface area contributed by atoms with Crippen molar-refractivity contribution in [2.75, 3.05) is 0 Å². The van der Waals surface area contributed by atoms with Crippen molar-refractivity contribution < 1.29 is 17.6 Å². The van der Waals surface area contributed by atoms with Crippen LogP contribution in [0.5, 0.6) is 0 Å². The molecule has 2 aromatic rings. The van der Waals surface area contributed by atoms with E-state index in [9.17, 15) is 17.6 Å². The minimum Gasteiger partial charge on any atom is -0.301 e. The van der Waals surface area contributed by atoms with Crippen LogP contribution in [0.25, 0.3) is 5.69 Å². The third-order valence-electron chi connectivity index (χ3n) is 2.70. The van der Waals surface area contributed by atoms with Gasteiger partial charge < -0.3 is 4.57 Å². The van der Waals surface area contributed by atoms with Crippen molar-refractivity contribution in [3.05, 3.63) is 47.6 Å². The molecule has 0 saturated heterocycles. The first-order valence-corrected chi connectivity index (χ1v) is 5.59. The molecule has 0 saturated carbocycles. The molecule has 0 aliphatic heterocycles. The zero-order chi connectivity index (χ0) is 14.4. The van der Waals surface area contributed by atoms with Crippen LogP contribution in [-0.2, 0) is 5.41 Å². The van der Waals surface area contributed by atoms with Gasteiger partial charge in [-0.1, -0.05) is 20.8 Å². The molecule has 0 bridgehead atoms. The summed E-state index contributed by atoms with van der Waals surface area (Å²) in [5, 5.41) is 0. The maximum atomic E-state index is 13.6. The number of halogens is 4. The Bertz CT molecular complexity index is 626. The maximum absolute atomic E-state index is 13.6. The maximum Gasteiger partial charge on any atom is 0.196 e. The Kier molecular flexibility index (Phi) is 3.12. The van der Waals surface area contributed by atoms with E-state index in [4.69, 9.17) is 0 Å². The number of benzene rings is 1. The first kappa shape index (κ1) is 13.6. The second-order valence-electron chi connectivity index (χ2n) is 5.23. The first-order chi connectivity index (χ1) is 8.71. The van der Waals surface area contributed by atoms with Crippen LogP contribution in [0.1, 0.15) is 26.5 Å². The lowest BCUT2D eigenvalue weighted by atomic mass is 9.93. The second-order valence-corrected chi connectivity index (χ2v) is 5.23. The van der Waals surface area contributed by atoms with Crippen LogP contribution in [0.15, 0.2) is 18.6 Å². The van der Waals surface area contributed by atoms with Crippen molar-refractivity contribution in [2.45, 2.75) is 26.2 Å². The van der Waals surface area contributed by atoms with Gasteiger partial charge in [0.1, 0.15) is 5.69 Å². The molecule has 0 unspecified atom stereocenters.